The molecule has 11 heteroatoms. The molecule has 2 aromatic carbocycles. The van der Waals surface area contributed by atoms with Crippen molar-refractivity contribution in [2.75, 3.05) is 13.2 Å². The van der Waals surface area contributed by atoms with E-state index in [9.17, 15) is 23.6 Å². The van der Waals surface area contributed by atoms with Gasteiger partial charge in [0.1, 0.15) is 24.7 Å². The lowest BCUT2D eigenvalue weighted by molar-refractivity contribution is -0.138. The summed E-state index contributed by atoms with van der Waals surface area (Å²) >= 11 is 5.77. The van der Waals surface area contributed by atoms with Crippen molar-refractivity contribution in [2.45, 2.75) is 39.9 Å². The number of Topliss-reactive ketones (excluding diaryl/α,β-unsaturated/α-hetero) is 2. The van der Waals surface area contributed by atoms with Crippen LogP contribution in [0.2, 0.25) is 5.02 Å². The molecule has 0 unspecified atom stereocenters. The van der Waals surface area contributed by atoms with E-state index < -0.39 is 30.0 Å². The lowest BCUT2D eigenvalue weighted by Crippen LogP contribution is -2.45. The normalized spacial score (nSPS) is 11.1. The SMILES string of the molecule is CC(=O)c1nn(CC(=O)N(CC(=O)NCc2cccc(Cl)c2F)C(C)C)c2ccc(C(=O)CO)cc12. The Bertz CT molecular complexity index is 1340. The molecule has 0 saturated carbocycles. The highest BCUT2D eigenvalue weighted by atomic mass is 35.5. The fourth-order valence-corrected chi connectivity index (χ4v) is 3.89. The highest BCUT2D eigenvalue weighted by Gasteiger charge is 2.23. The van der Waals surface area contributed by atoms with Crippen molar-refractivity contribution in [1.29, 1.82) is 0 Å². The van der Waals surface area contributed by atoms with E-state index in [4.69, 9.17) is 16.7 Å². The minimum absolute atomic E-state index is 0.0510. The molecule has 3 aromatic rings. The zero-order valence-electron chi connectivity index (χ0n) is 20.0. The van der Waals surface area contributed by atoms with Crippen LogP contribution in [-0.2, 0) is 22.7 Å². The predicted octanol–water partition coefficient (Wildman–Crippen LogP) is 2.76. The van der Waals surface area contributed by atoms with Crippen molar-refractivity contribution >= 4 is 45.9 Å². The first-order valence-electron chi connectivity index (χ1n) is 11.2. The van der Waals surface area contributed by atoms with Gasteiger partial charge in [-0.2, -0.15) is 5.10 Å². The molecule has 0 aliphatic carbocycles. The van der Waals surface area contributed by atoms with Crippen LogP contribution in [0.3, 0.4) is 0 Å². The lowest BCUT2D eigenvalue weighted by atomic mass is 10.1. The molecule has 1 heterocycles. The molecule has 0 aliphatic heterocycles. The molecule has 36 heavy (non-hydrogen) atoms. The number of carbonyl (C=O) groups excluding carboxylic acids is 4. The second-order valence-corrected chi connectivity index (χ2v) is 8.89. The number of halogens is 2. The molecule has 190 valence electrons. The topological polar surface area (TPSA) is 122 Å². The number of hydrogen-bond donors (Lipinski definition) is 2. The van der Waals surface area contributed by atoms with Crippen molar-refractivity contribution in [2.24, 2.45) is 0 Å². The molecule has 0 atom stereocenters. The number of aromatic nitrogens is 2. The summed E-state index contributed by atoms with van der Waals surface area (Å²) in [7, 11) is 0. The van der Waals surface area contributed by atoms with Gasteiger partial charge in [0.25, 0.3) is 0 Å². The average Bonchev–Trinajstić information content (AvgIpc) is 3.20. The van der Waals surface area contributed by atoms with Crippen LogP contribution in [0.5, 0.6) is 0 Å². The van der Waals surface area contributed by atoms with Gasteiger partial charge in [-0.3, -0.25) is 23.9 Å². The Morgan fingerprint density at radius 1 is 1.19 bits per heavy atom. The molecule has 0 aliphatic rings. The Balaban J connectivity index is 1.78. The maximum Gasteiger partial charge on any atom is 0.245 e. The molecule has 2 N–H and O–H groups in total. The number of hydrogen-bond acceptors (Lipinski definition) is 6. The van der Waals surface area contributed by atoms with Gasteiger partial charge in [-0.25, -0.2) is 4.39 Å². The van der Waals surface area contributed by atoms with Gasteiger partial charge in [0, 0.05) is 36.0 Å². The van der Waals surface area contributed by atoms with E-state index in [1.165, 1.54) is 40.8 Å². The maximum atomic E-state index is 14.1. The van der Waals surface area contributed by atoms with E-state index in [0.29, 0.717) is 10.9 Å². The predicted molar refractivity (Wildman–Crippen MR) is 131 cm³/mol. The summed E-state index contributed by atoms with van der Waals surface area (Å²) in [5.74, 6) is -2.40. The summed E-state index contributed by atoms with van der Waals surface area (Å²) in [6.07, 6.45) is 0. The minimum Gasteiger partial charge on any atom is -0.388 e. The summed E-state index contributed by atoms with van der Waals surface area (Å²) in [6, 6.07) is 8.64. The first-order valence-corrected chi connectivity index (χ1v) is 11.6. The number of amides is 2. The molecule has 0 spiro atoms. The van der Waals surface area contributed by atoms with Crippen molar-refractivity contribution in [1.82, 2.24) is 20.0 Å². The van der Waals surface area contributed by atoms with E-state index in [1.807, 2.05) is 0 Å². The van der Waals surface area contributed by atoms with Crippen LogP contribution < -0.4 is 5.32 Å². The number of aliphatic hydroxyl groups is 1. The third kappa shape index (κ3) is 5.95. The highest BCUT2D eigenvalue weighted by Crippen LogP contribution is 2.22. The monoisotopic (exact) mass is 516 g/mol. The first-order chi connectivity index (χ1) is 17.0. The molecule has 1 aromatic heterocycles. The summed E-state index contributed by atoms with van der Waals surface area (Å²) < 4.78 is 15.4. The second-order valence-electron chi connectivity index (χ2n) is 8.48. The number of nitrogens with zero attached hydrogens (tertiary/aromatic N) is 3. The van der Waals surface area contributed by atoms with E-state index in [0.717, 1.165) is 0 Å². The Hall–Kier alpha value is -3.63. The Morgan fingerprint density at radius 3 is 2.56 bits per heavy atom. The quantitative estimate of drug-likeness (QED) is 0.400. The van der Waals surface area contributed by atoms with Crippen molar-refractivity contribution in [3.8, 4) is 0 Å². The van der Waals surface area contributed by atoms with Crippen LogP contribution in [-0.4, -0.2) is 62.4 Å². The Kier molecular flexibility index (Phi) is 8.54. The largest absolute Gasteiger partial charge is 0.388 e. The van der Waals surface area contributed by atoms with Gasteiger partial charge >= 0.3 is 0 Å². The lowest BCUT2D eigenvalue weighted by Gasteiger charge is -2.26. The molecule has 2 amide bonds. The number of carbonyl (C=O) groups is 4. The number of rotatable bonds is 10. The number of nitrogens with one attached hydrogen (secondary N) is 1. The maximum absolute atomic E-state index is 14.1. The van der Waals surface area contributed by atoms with Crippen LogP contribution in [0.25, 0.3) is 10.9 Å². The summed E-state index contributed by atoms with van der Waals surface area (Å²) in [5, 5.41) is 16.3. The fraction of sp³-hybridized carbons (Fsp3) is 0.320. The molecule has 0 fully saturated rings. The molecule has 0 radical (unpaired) electrons. The van der Waals surface area contributed by atoms with Crippen LogP contribution in [0.15, 0.2) is 36.4 Å². The molecule has 3 rings (SSSR count). The van der Waals surface area contributed by atoms with E-state index >= 15 is 0 Å². The Morgan fingerprint density at radius 2 is 1.92 bits per heavy atom. The van der Waals surface area contributed by atoms with Gasteiger partial charge in [0.15, 0.2) is 11.6 Å². The highest BCUT2D eigenvalue weighted by molar-refractivity contribution is 6.30. The summed E-state index contributed by atoms with van der Waals surface area (Å²) in [4.78, 5) is 51.0. The molecule has 0 bridgehead atoms. The van der Waals surface area contributed by atoms with E-state index in [-0.39, 0.29) is 53.3 Å². The number of aliphatic hydroxyl groups excluding tert-OH is 1. The smallest absolute Gasteiger partial charge is 0.245 e. The van der Waals surface area contributed by atoms with Gasteiger partial charge in [-0.1, -0.05) is 23.7 Å². The fourth-order valence-electron chi connectivity index (χ4n) is 3.69. The van der Waals surface area contributed by atoms with Crippen LogP contribution in [0.4, 0.5) is 4.39 Å². The molecule has 0 saturated heterocycles. The number of ketones is 2. The summed E-state index contributed by atoms with van der Waals surface area (Å²) in [5.41, 5.74) is 0.975. The standard InChI is InChI=1S/C25H26ClFN4O5/c1-14(2)30(11-22(35)28-10-17-5-4-6-19(26)24(17)27)23(36)12-31-20-8-7-16(21(34)13-32)9-18(20)25(29-31)15(3)33/h4-9,14,32H,10-13H2,1-3H3,(H,28,35). The third-order valence-corrected chi connectivity index (χ3v) is 5.89. The van der Waals surface area contributed by atoms with Gasteiger partial charge < -0.3 is 15.3 Å². The number of fused-ring (bicyclic) bond motifs is 1. The minimum atomic E-state index is -0.678. The van der Waals surface area contributed by atoms with E-state index in [1.54, 1.807) is 26.0 Å². The van der Waals surface area contributed by atoms with Crippen molar-refractivity contribution in [3.05, 3.63) is 64.1 Å². The third-order valence-electron chi connectivity index (χ3n) is 5.60. The van der Waals surface area contributed by atoms with E-state index in [2.05, 4.69) is 10.4 Å². The van der Waals surface area contributed by atoms with Gasteiger partial charge in [-0.05, 0) is 38.1 Å². The van der Waals surface area contributed by atoms with Gasteiger partial charge in [0.2, 0.25) is 11.8 Å². The zero-order valence-corrected chi connectivity index (χ0v) is 20.8. The van der Waals surface area contributed by atoms with Gasteiger partial charge in [0.05, 0.1) is 17.1 Å². The molecular formula is C25H26ClFN4O5. The number of benzene rings is 2. The van der Waals surface area contributed by atoms with Crippen LogP contribution in [0, 0.1) is 5.82 Å². The van der Waals surface area contributed by atoms with Crippen LogP contribution in [0.1, 0.15) is 47.2 Å². The molecular weight excluding hydrogens is 491 g/mol. The van der Waals surface area contributed by atoms with Crippen molar-refractivity contribution < 1.29 is 28.7 Å². The first kappa shape index (κ1) is 27.0. The zero-order chi connectivity index (χ0) is 26.6. The van der Waals surface area contributed by atoms with Gasteiger partial charge in [-0.15, -0.1) is 0 Å². The summed E-state index contributed by atoms with van der Waals surface area (Å²) in [6.45, 7) is 3.52. The van der Waals surface area contributed by atoms with Crippen LogP contribution >= 0.6 is 11.6 Å². The van der Waals surface area contributed by atoms with Crippen molar-refractivity contribution in [3.63, 3.8) is 0 Å². The molecule has 9 nitrogen and oxygen atoms in total. The Labute approximate surface area is 211 Å². The average molecular weight is 517 g/mol. The second kappa shape index (κ2) is 11.4.